The molecule has 2 aliphatic rings. The molecule has 0 unspecified atom stereocenters. The highest BCUT2D eigenvalue weighted by Crippen LogP contribution is 2.38. The zero-order chi connectivity index (χ0) is 19.0. The first-order valence-electron chi connectivity index (χ1n) is 9.61. The van der Waals surface area contributed by atoms with E-state index >= 15 is 0 Å². The van der Waals surface area contributed by atoms with Crippen LogP contribution in [0.3, 0.4) is 0 Å². The number of amides is 2. The van der Waals surface area contributed by atoms with E-state index in [0.717, 1.165) is 29.9 Å². The first-order valence-corrected chi connectivity index (χ1v) is 9.61. The summed E-state index contributed by atoms with van der Waals surface area (Å²) < 4.78 is 2.37. The summed E-state index contributed by atoms with van der Waals surface area (Å²) in [6.45, 7) is 5.00. The maximum atomic E-state index is 12.3. The molecule has 1 saturated carbocycles. The minimum absolute atomic E-state index is 0.156. The predicted molar refractivity (Wildman–Crippen MR) is 108 cm³/mol. The fraction of sp³-hybridized carbons (Fsp3) is 0.364. The van der Waals surface area contributed by atoms with E-state index in [1.165, 1.54) is 24.2 Å². The lowest BCUT2D eigenvalue weighted by Gasteiger charge is -2.15. The monoisotopic (exact) mass is 363 g/mol. The van der Waals surface area contributed by atoms with Gasteiger partial charge in [0.15, 0.2) is 0 Å². The number of carbonyl (C=O) groups excluding carboxylic acids is 2. The van der Waals surface area contributed by atoms with Gasteiger partial charge in [0, 0.05) is 47.8 Å². The van der Waals surface area contributed by atoms with Gasteiger partial charge in [-0.1, -0.05) is 0 Å². The Kier molecular flexibility index (Phi) is 4.60. The van der Waals surface area contributed by atoms with E-state index in [2.05, 4.69) is 29.8 Å². The van der Waals surface area contributed by atoms with Crippen molar-refractivity contribution in [2.24, 2.45) is 0 Å². The molecule has 2 fully saturated rings. The van der Waals surface area contributed by atoms with Crippen LogP contribution in [0.5, 0.6) is 0 Å². The molecule has 0 bridgehead atoms. The molecule has 2 aromatic rings. The van der Waals surface area contributed by atoms with Crippen molar-refractivity contribution < 1.29 is 9.59 Å². The lowest BCUT2D eigenvalue weighted by molar-refractivity contribution is -0.117. The molecular formula is C22H25N3O2. The Morgan fingerprint density at radius 3 is 2.56 bits per heavy atom. The molecule has 1 aromatic heterocycles. The molecule has 0 radical (unpaired) electrons. The highest BCUT2D eigenvalue weighted by atomic mass is 16.2. The summed E-state index contributed by atoms with van der Waals surface area (Å²) in [5.74, 6) is 0.00902. The van der Waals surface area contributed by atoms with Crippen LogP contribution in [-0.4, -0.2) is 22.9 Å². The average molecular weight is 363 g/mol. The molecule has 1 aliphatic heterocycles. The van der Waals surface area contributed by atoms with Crippen molar-refractivity contribution >= 4 is 29.3 Å². The molecule has 4 rings (SSSR count). The number of anilines is 2. The van der Waals surface area contributed by atoms with Crippen LogP contribution in [0.15, 0.2) is 36.4 Å². The summed E-state index contributed by atoms with van der Waals surface area (Å²) in [6, 6.07) is 10.2. The summed E-state index contributed by atoms with van der Waals surface area (Å²) in [7, 11) is 0. The molecule has 140 valence electrons. The number of hydrogen-bond acceptors (Lipinski definition) is 2. The van der Waals surface area contributed by atoms with Crippen LogP contribution in [-0.2, 0) is 9.59 Å². The van der Waals surface area contributed by atoms with Crippen LogP contribution in [0, 0.1) is 13.8 Å². The van der Waals surface area contributed by atoms with Crippen LogP contribution in [0.1, 0.15) is 48.7 Å². The van der Waals surface area contributed by atoms with Gasteiger partial charge in [-0.3, -0.25) is 9.59 Å². The Morgan fingerprint density at radius 2 is 1.93 bits per heavy atom. The third kappa shape index (κ3) is 3.68. The maximum Gasteiger partial charge on any atom is 0.248 e. The molecule has 2 amide bonds. The largest absolute Gasteiger partial charge is 0.346 e. The Bertz CT molecular complexity index is 904. The quantitative estimate of drug-likeness (QED) is 0.809. The van der Waals surface area contributed by atoms with E-state index in [9.17, 15) is 9.59 Å². The number of rotatable bonds is 5. The maximum absolute atomic E-state index is 12.3. The number of aromatic nitrogens is 1. The van der Waals surface area contributed by atoms with Gasteiger partial charge in [0.25, 0.3) is 0 Å². The molecule has 27 heavy (non-hydrogen) atoms. The van der Waals surface area contributed by atoms with Gasteiger partial charge in [0.1, 0.15) is 0 Å². The molecule has 1 saturated heterocycles. The number of aryl methyl sites for hydroxylation is 1. The average Bonchev–Trinajstić information content (AvgIpc) is 3.32. The second-order valence-electron chi connectivity index (χ2n) is 7.45. The van der Waals surface area contributed by atoms with Gasteiger partial charge in [-0.2, -0.15) is 0 Å². The van der Waals surface area contributed by atoms with Crippen molar-refractivity contribution in [3.63, 3.8) is 0 Å². The first-order chi connectivity index (χ1) is 13.0. The van der Waals surface area contributed by atoms with Gasteiger partial charge < -0.3 is 14.8 Å². The van der Waals surface area contributed by atoms with Crippen LogP contribution < -0.4 is 10.2 Å². The van der Waals surface area contributed by atoms with Crippen LogP contribution in [0.2, 0.25) is 0 Å². The summed E-state index contributed by atoms with van der Waals surface area (Å²) in [5.41, 5.74) is 5.18. The predicted octanol–water partition coefficient (Wildman–Crippen LogP) is 4.22. The van der Waals surface area contributed by atoms with Gasteiger partial charge in [-0.25, -0.2) is 0 Å². The molecular weight excluding hydrogens is 338 g/mol. The molecule has 0 atom stereocenters. The lowest BCUT2D eigenvalue weighted by Crippen LogP contribution is -2.23. The third-order valence-electron chi connectivity index (χ3n) is 5.37. The molecule has 1 aromatic carbocycles. The number of benzene rings is 1. The number of hydrogen-bond donors (Lipinski definition) is 1. The van der Waals surface area contributed by atoms with Gasteiger partial charge in [-0.05, 0) is 75.1 Å². The smallest absolute Gasteiger partial charge is 0.248 e. The Morgan fingerprint density at radius 1 is 1.19 bits per heavy atom. The molecule has 5 nitrogen and oxygen atoms in total. The van der Waals surface area contributed by atoms with E-state index in [1.54, 1.807) is 11.0 Å². The van der Waals surface area contributed by atoms with E-state index in [4.69, 9.17) is 0 Å². The highest BCUT2D eigenvalue weighted by molar-refractivity contribution is 6.02. The molecule has 5 heteroatoms. The van der Waals surface area contributed by atoms with Crippen LogP contribution in [0.4, 0.5) is 11.4 Å². The van der Waals surface area contributed by atoms with Crippen molar-refractivity contribution in [2.75, 3.05) is 16.8 Å². The lowest BCUT2D eigenvalue weighted by atomic mass is 10.2. The third-order valence-corrected chi connectivity index (χ3v) is 5.37. The minimum atomic E-state index is -0.156. The zero-order valence-corrected chi connectivity index (χ0v) is 15.9. The second kappa shape index (κ2) is 7.06. The van der Waals surface area contributed by atoms with Crippen molar-refractivity contribution in [3.05, 3.63) is 53.4 Å². The van der Waals surface area contributed by atoms with Crippen molar-refractivity contribution in [3.8, 4) is 0 Å². The van der Waals surface area contributed by atoms with E-state index in [-0.39, 0.29) is 11.8 Å². The topological polar surface area (TPSA) is 54.3 Å². The zero-order valence-electron chi connectivity index (χ0n) is 15.9. The Labute approximate surface area is 159 Å². The first kappa shape index (κ1) is 17.6. The minimum Gasteiger partial charge on any atom is -0.346 e. The van der Waals surface area contributed by atoms with E-state index in [0.29, 0.717) is 12.5 Å². The summed E-state index contributed by atoms with van der Waals surface area (Å²) in [6.07, 6.45) is 7.48. The van der Waals surface area contributed by atoms with Gasteiger partial charge in [0.05, 0.1) is 0 Å². The second-order valence-corrected chi connectivity index (χ2v) is 7.45. The summed E-state index contributed by atoms with van der Waals surface area (Å²) in [4.78, 5) is 25.9. The molecule has 2 heterocycles. The fourth-order valence-electron chi connectivity index (χ4n) is 3.86. The van der Waals surface area contributed by atoms with E-state index < -0.39 is 0 Å². The molecule has 0 spiro atoms. The Balaban J connectivity index is 1.40. The highest BCUT2D eigenvalue weighted by Gasteiger charge is 2.26. The fourth-order valence-corrected chi connectivity index (χ4v) is 3.86. The van der Waals surface area contributed by atoms with Gasteiger partial charge >= 0.3 is 0 Å². The SMILES string of the molecule is Cc1cc(C=CC(=O)Nc2ccc(N3CCCC3=O)cc2)c(C)n1C1CC1. The number of carbonyl (C=O) groups is 2. The van der Waals surface area contributed by atoms with Crippen molar-refractivity contribution in [1.29, 1.82) is 0 Å². The summed E-state index contributed by atoms with van der Waals surface area (Å²) >= 11 is 0. The number of nitrogens with one attached hydrogen (secondary N) is 1. The van der Waals surface area contributed by atoms with Crippen LogP contribution in [0.25, 0.3) is 6.08 Å². The summed E-state index contributed by atoms with van der Waals surface area (Å²) in [5, 5.41) is 2.88. The van der Waals surface area contributed by atoms with Gasteiger partial charge in [-0.15, -0.1) is 0 Å². The van der Waals surface area contributed by atoms with Crippen molar-refractivity contribution in [1.82, 2.24) is 4.57 Å². The number of nitrogens with zero attached hydrogens (tertiary/aromatic N) is 2. The molecule has 1 N–H and O–H groups in total. The molecule has 1 aliphatic carbocycles. The van der Waals surface area contributed by atoms with Crippen LogP contribution >= 0.6 is 0 Å². The van der Waals surface area contributed by atoms with E-state index in [1.807, 2.05) is 30.3 Å². The standard InChI is InChI=1S/C22H25N3O2/c1-15-14-17(16(2)25(15)20-10-11-20)5-12-21(26)23-18-6-8-19(9-7-18)24-13-3-4-22(24)27/h5-9,12,14,20H,3-4,10-11,13H2,1-2H3,(H,23,26). The van der Waals surface area contributed by atoms with Gasteiger partial charge in [0.2, 0.25) is 11.8 Å². The van der Waals surface area contributed by atoms with Crippen molar-refractivity contribution in [2.45, 2.75) is 45.6 Å². The Hall–Kier alpha value is -2.82. The normalized spacial score (nSPS) is 17.1.